The van der Waals surface area contributed by atoms with E-state index in [4.69, 9.17) is 9.47 Å². The van der Waals surface area contributed by atoms with Gasteiger partial charge in [0.1, 0.15) is 5.75 Å². The number of β-amino-alcohol motifs (C(OH)–C–C–N with tert-alkyl or cyclic N) is 1. The zero-order chi connectivity index (χ0) is 18.8. The van der Waals surface area contributed by atoms with Gasteiger partial charge in [0.25, 0.3) is 0 Å². The van der Waals surface area contributed by atoms with Gasteiger partial charge in [-0.1, -0.05) is 18.2 Å². The molecule has 0 spiro atoms. The number of methoxy groups -OCH3 is 1. The van der Waals surface area contributed by atoms with Crippen molar-refractivity contribution in [3.8, 4) is 5.75 Å². The molecule has 3 N–H and O–H groups in total. The molecular weight excluding hydrogens is 332 g/mol. The number of ether oxygens (including phenoxy) is 2. The Morgan fingerprint density at radius 1 is 1.31 bits per heavy atom. The van der Waals surface area contributed by atoms with Crippen molar-refractivity contribution in [1.29, 1.82) is 0 Å². The zero-order valence-electron chi connectivity index (χ0n) is 16.1. The third-order valence-electron chi connectivity index (χ3n) is 4.25. The lowest BCUT2D eigenvalue weighted by molar-refractivity contribution is -0.0201. The summed E-state index contributed by atoms with van der Waals surface area (Å²) in [6, 6.07) is 7.85. The van der Waals surface area contributed by atoms with Gasteiger partial charge in [-0.3, -0.25) is 4.90 Å². The van der Waals surface area contributed by atoms with Crippen LogP contribution in [0.2, 0.25) is 0 Å². The molecule has 1 aliphatic heterocycles. The number of benzene rings is 1. The summed E-state index contributed by atoms with van der Waals surface area (Å²) < 4.78 is 10.7. The molecule has 0 saturated carbocycles. The number of guanidine groups is 1. The molecule has 1 atom stereocenters. The molecule has 1 unspecified atom stereocenters. The predicted octanol–water partition coefficient (Wildman–Crippen LogP) is 0.834. The Morgan fingerprint density at radius 3 is 2.73 bits per heavy atom. The molecule has 0 aliphatic carbocycles. The van der Waals surface area contributed by atoms with Crippen molar-refractivity contribution in [3.63, 3.8) is 0 Å². The van der Waals surface area contributed by atoms with Crippen molar-refractivity contribution in [2.45, 2.75) is 26.0 Å². The summed E-state index contributed by atoms with van der Waals surface area (Å²) in [5, 5.41) is 17.2. The number of hydrogen-bond donors (Lipinski definition) is 3. The van der Waals surface area contributed by atoms with Crippen LogP contribution in [0.25, 0.3) is 0 Å². The van der Waals surface area contributed by atoms with Gasteiger partial charge in [-0.25, -0.2) is 4.99 Å². The van der Waals surface area contributed by atoms with Crippen LogP contribution in [0.3, 0.4) is 0 Å². The number of para-hydroxylation sites is 1. The second kappa shape index (κ2) is 10.4. The molecule has 7 nitrogen and oxygen atoms in total. The van der Waals surface area contributed by atoms with E-state index in [1.54, 1.807) is 7.11 Å². The third-order valence-corrected chi connectivity index (χ3v) is 4.25. The van der Waals surface area contributed by atoms with Crippen molar-refractivity contribution < 1.29 is 14.6 Å². The normalized spacial score (nSPS) is 18.2. The van der Waals surface area contributed by atoms with Gasteiger partial charge in [-0.2, -0.15) is 0 Å². The molecule has 1 saturated heterocycles. The first-order valence-electron chi connectivity index (χ1n) is 9.20. The molecule has 26 heavy (non-hydrogen) atoms. The lowest BCUT2D eigenvalue weighted by Crippen LogP contribution is -2.52. The molecule has 0 aromatic heterocycles. The van der Waals surface area contributed by atoms with E-state index in [1.165, 1.54) is 0 Å². The van der Waals surface area contributed by atoms with E-state index in [0.717, 1.165) is 44.2 Å². The minimum absolute atomic E-state index is 0.419. The van der Waals surface area contributed by atoms with Crippen LogP contribution in [0.15, 0.2) is 29.3 Å². The topological polar surface area (TPSA) is 78.4 Å². The number of rotatable bonds is 8. The minimum Gasteiger partial charge on any atom is -0.496 e. The number of aliphatic hydroxyl groups is 1. The van der Waals surface area contributed by atoms with Crippen molar-refractivity contribution >= 4 is 5.96 Å². The predicted molar refractivity (Wildman–Crippen MR) is 104 cm³/mol. The maximum absolute atomic E-state index is 10.7. The Kier molecular flexibility index (Phi) is 8.15. The molecular formula is C19H32N4O3. The molecule has 1 aliphatic rings. The first-order chi connectivity index (χ1) is 12.5. The van der Waals surface area contributed by atoms with Crippen LogP contribution in [0.1, 0.15) is 19.4 Å². The first kappa shape index (κ1) is 20.5. The van der Waals surface area contributed by atoms with E-state index in [2.05, 4.69) is 20.5 Å². The van der Waals surface area contributed by atoms with Gasteiger partial charge in [0.2, 0.25) is 0 Å². The minimum atomic E-state index is -0.849. The average Bonchev–Trinajstić information content (AvgIpc) is 2.64. The van der Waals surface area contributed by atoms with Gasteiger partial charge >= 0.3 is 0 Å². The second-order valence-electron chi connectivity index (χ2n) is 6.75. The summed E-state index contributed by atoms with van der Waals surface area (Å²) >= 11 is 0. The fourth-order valence-corrected chi connectivity index (χ4v) is 2.91. The van der Waals surface area contributed by atoms with Gasteiger partial charge in [-0.05, 0) is 19.9 Å². The van der Waals surface area contributed by atoms with Gasteiger partial charge in [-0.15, -0.1) is 0 Å². The molecule has 2 rings (SSSR count). The molecule has 1 fully saturated rings. The first-order valence-corrected chi connectivity index (χ1v) is 9.20. The molecule has 0 radical (unpaired) electrons. The van der Waals surface area contributed by atoms with Crippen LogP contribution in [0, 0.1) is 0 Å². The Balaban J connectivity index is 1.91. The quantitative estimate of drug-likeness (QED) is 0.469. The Morgan fingerprint density at radius 2 is 2.04 bits per heavy atom. The van der Waals surface area contributed by atoms with Gasteiger partial charge in [0, 0.05) is 38.3 Å². The van der Waals surface area contributed by atoms with E-state index in [1.807, 2.05) is 38.1 Å². The molecule has 1 aromatic carbocycles. The molecule has 7 heteroatoms. The summed E-state index contributed by atoms with van der Waals surface area (Å²) in [7, 11) is 1.66. The van der Waals surface area contributed by atoms with Crippen LogP contribution in [-0.4, -0.2) is 74.6 Å². The van der Waals surface area contributed by atoms with E-state index in [-0.39, 0.29) is 0 Å². The molecule has 1 heterocycles. The third kappa shape index (κ3) is 6.82. The number of morpholine rings is 1. The maximum Gasteiger partial charge on any atom is 0.191 e. The second-order valence-corrected chi connectivity index (χ2v) is 6.75. The lowest BCUT2D eigenvalue weighted by Gasteiger charge is -2.34. The lowest BCUT2D eigenvalue weighted by atomic mass is 10.1. The van der Waals surface area contributed by atoms with E-state index in [0.29, 0.717) is 25.6 Å². The van der Waals surface area contributed by atoms with Crippen LogP contribution in [0.5, 0.6) is 5.75 Å². The summed E-state index contributed by atoms with van der Waals surface area (Å²) in [5.41, 5.74) is 0.171. The fourth-order valence-electron chi connectivity index (χ4n) is 2.91. The smallest absolute Gasteiger partial charge is 0.191 e. The molecule has 1 aromatic rings. The highest BCUT2D eigenvalue weighted by Crippen LogP contribution is 2.17. The van der Waals surface area contributed by atoms with Crippen molar-refractivity contribution in [2.75, 3.05) is 53.0 Å². The van der Waals surface area contributed by atoms with Crippen LogP contribution in [-0.2, 0) is 11.3 Å². The fraction of sp³-hybridized carbons (Fsp3) is 0.632. The zero-order valence-corrected chi connectivity index (χ0v) is 16.1. The number of hydrogen-bond acceptors (Lipinski definition) is 5. The highest BCUT2D eigenvalue weighted by molar-refractivity contribution is 5.79. The van der Waals surface area contributed by atoms with Gasteiger partial charge in [0.15, 0.2) is 5.96 Å². The summed E-state index contributed by atoms with van der Waals surface area (Å²) in [4.78, 5) is 6.84. The Bertz CT molecular complexity index is 572. The van der Waals surface area contributed by atoms with E-state index < -0.39 is 5.60 Å². The van der Waals surface area contributed by atoms with E-state index >= 15 is 0 Å². The van der Waals surface area contributed by atoms with Crippen molar-refractivity contribution in [1.82, 2.24) is 15.5 Å². The van der Waals surface area contributed by atoms with Crippen LogP contribution < -0.4 is 15.4 Å². The van der Waals surface area contributed by atoms with Crippen LogP contribution >= 0.6 is 0 Å². The number of nitrogens with one attached hydrogen (secondary N) is 2. The molecule has 146 valence electrons. The Hall–Kier alpha value is -1.83. The van der Waals surface area contributed by atoms with Gasteiger partial charge < -0.3 is 25.2 Å². The monoisotopic (exact) mass is 364 g/mol. The summed E-state index contributed by atoms with van der Waals surface area (Å²) in [6.07, 6.45) is 0. The number of nitrogens with zero attached hydrogens (tertiary/aromatic N) is 2. The maximum atomic E-state index is 10.7. The van der Waals surface area contributed by atoms with Crippen molar-refractivity contribution in [2.24, 2.45) is 4.99 Å². The van der Waals surface area contributed by atoms with E-state index in [9.17, 15) is 5.11 Å². The number of aliphatic imine (C=N–C) groups is 1. The highest BCUT2D eigenvalue weighted by atomic mass is 16.5. The highest BCUT2D eigenvalue weighted by Gasteiger charge is 2.25. The van der Waals surface area contributed by atoms with Gasteiger partial charge in [0.05, 0.1) is 32.5 Å². The summed E-state index contributed by atoms with van der Waals surface area (Å²) in [6.45, 7) is 9.33. The standard InChI is InChI=1S/C19H32N4O3/c1-4-20-18(21-13-16-7-5-6-8-17(16)25-3)22-14-19(2,24)15-23-9-11-26-12-10-23/h5-8,24H,4,9-15H2,1-3H3,(H2,20,21,22). The van der Waals surface area contributed by atoms with Crippen molar-refractivity contribution in [3.05, 3.63) is 29.8 Å². The molecule has 0 bridgehead atoms. The summed E-state index contributed by atoms with van der Waals surface area (Å²) in [5.74, 6) is 1.51. The largest absolute Gasteiger partial charge is 0.496 e. The SMILES string of the molecule is CCNC(=NCc1ccccc1OC)NCC(C)(O)CN1CCOCC1. The molecule has 0 amide bonds. The average molecular weight is 364 g/mol. The van der Waals surface area contributed by atoms with Crippen LogP contribution in [0.4, 0.5) is 0 Å². The Labute approximate surface area is 156 Å².